The maximum atomic E-state index is 12.1. The summed E-state index contributed by atoms with van der Waals surface area (Å²) < 4.78 is 10.8. The summed E-state index contributed by atoms with van der Waals surface area (Å²) in [5, 5.41) is 11.3. The second-order valence-electron chi connectivity index (χ2n) is 5.04. The Balaban J connectivity index is 2.13. The lowest BCUT2D eigenvalue weighted by Crippen LogP contribution is -2.03. The topological polar surface area (TPSA) is 82.6 Å². The van der Waals surface area contributed by atoms with Crippen LogP contribution >= 0.6 is 11.6 Å². The minimum absolute atomic E-state index is 0.0327. The lowest BCUT2D eigenvalue weighted by atomic mass is 10.1. The van der Waals surface area contributed by atoms with Crippen LogP contribution in [0.1, 0.15) is 12.5 Å². The number of rotatable bonds is 4. The molecule has 0 amide bonds. The SMILES string of the molecule is CCc1ccccc1Oc1oc(=O)c2cc([N+](=O)[O-])ccc2c1Cl. The van der Waals surface area contributed by atoms with Gasteiger partial charge in [0.1, 0.15) is 10.8 Å². The Morgan fingerprint density at radius 1 is 1.21 bits per heavy atom. The molecule has 1 aromatic heterocycles. The monoisotopic (exact) mass is 345 g/mol. The average molecular weight is 346 g/mol. The fourth-order valence-electron chi connectivity index (χ4n) is 2.36. The fraction of sp³-hybridized carbons (Fsp3) is 0.118. The number of non-ortho nitro benzene ring substituents is 1. The Kier molecular flexibility index (Phi) is 4.22. The minimum atomic E-state index is -0.748. The molecule has 3 rings (SSSR count). The molecule has 0 bridgehead atoms. The van der Waals surface area contributed by atoms with Crippen LogP contribution in [0.4, 0.5) is 5.69 Å². The van der Waals surface area contributed by atoms with Crippen LogP contribution in [0.3, 0.4) is 0 Å². The highest BCUT2D eigenvalue weighted by Crippen LogP contribution is 2.35. The number of nitro groups is 1. The predicted octanol–water partition coefficient (Wildman–Crippen LogP) is 4.71. The van der Waals surface area contributed by atoms with E-state index in [1.54, 1.807) is 12.1 Å². The third-order valence-electron chi connectivity index (χ3n) is 3.59. The molecule has 0 aliphatic heterocycles. The number of aryl methyl sites for hydroxylation is 1. The highest BCUT2D eigenvalue weighted by Gasteiger charge is 2.18. The molecule has 0 saturated heterocycles. The van der Waals surface area contributed by atoms with Crippen molar-refractivity contribution in [3.05, 3.63) is 73.6 Å². The van der Waals surface area contributed by atoms with Crippen molar-refractivity contribution >= 4 is 28.1 Å². The van der Waals surface area contributed by atoms with Crippen molar-refractivity contribution in [3.8, 4) is 11.7 Å². The summed E-state index contributed by atoms with van der Waals surface area (Å²) in [4.78, 5) is 22.4. The van der Waals surface area contributed by atoms with Crippen LogP contribution in [0, 0.1) is 10.1 Å². The second-order valence-corrected chi connectivity index (χ2v) is 5.42. The number of halogens is 1. The molecule has 0 fully saturated rings. The van der Waals surface area contributed by atoms with Crippen LogP contribution in [0.15, 0.2) is 51.7 Å². The summed E-state index contributed by atoms with van der Waals surface area (Å²) in [6, 6.07) is 11.1. The summed E-state index contributed by atoms with van der Waals surface area (Å²) in [7, 11) is 0. The van der Waals surface area contributed by atoms with Crippen LogP contribution in [0.5, 0.6) is 11.7 Å². The van der Waals surface area contributed by atoms with Gasteiger partial charge in [-0.05, 0) is 24.1 Å². The zero-order valence-corrected chi connectivity index (χ0v) is 13.4. The number of ether oxygens (including phenoxy) is 1. The number of para-hydroxylation sites is 1. The van der Waals surface area contributed by atoms with Gasteiger partial charge in [0.25, 0.3) is 5.69 Å². The highest BCUT2D eigenvalue weighted by molar-refractivity contribution is 6.36. The molecule has 0 spiro atoms. The molecule has 0 saturated carbocycles. The van der Waals surface area contributed by atoms with Gasteiger partial charge in [0.05, 0.1) is 10.3 Å². The van der Waals surface area contributed by atoms with Gasteiger partial charge in [0, 0.05) is 17.5 Å². The van der Waals surface area contributed by atoms with Crippen molar-refractivity contribution in [1.29, 1.82) is 0 Å². The van der Waals surface area contributed by atoms with E-state index in [1.165, 1.54) is 12.1 Å². The molecular formula is C17H12ClNO5. The van der Waals surface area contributed by atoms with E-state index in [4.69, 9.17) is 20.8 Å². The second kappa shape index (κ2) is 6.33. The summed E-state index contributed by atoms with van der Waals surface area (Å²) in [5.41, 5.74) is -0.0297. The normalized spacial score (nSPS) is 10.8. The van der Waals surface area contributed by atoms with E-state index in [-0.39, 0.29) is 22.0 Å². The number of fused-ring (bicyclic) bond motifs is 1. The van der Waals surface area contributed by atoms with Crippen LogP contribution in [-0.2, 0) is 6.42 Å². The molecule has 0 N–H and O–H groups in total. The summed E-state index contributed by atoms with van der Waals surface area (Å²) in [6.45, 7) is 1.97. The van der Waals surface area contributed by atoms with Gasteiger partial charge >= 0.3 is 11.6 Å². The van der Waals surface area contributed by atoms with Crippen LogP contribution in [0.2, 0.25) is 5.02 Å². The van der Waals surface area contributed by atoms with E-state index in [1.807, 2.05) is 19.1 Å². The number of nitro benzene ring substituents is 1. The van der Waals surface area contributed by atoms with E-state index in [0.29, 0.717) is 11.1 Å². The Labute approximate surface area is 141 Å². The average Bonchev–Trinajstić information content (AvgIpc) is 2.59. The first kappa shape index (κ1) is 16.0. The van der Waals surface area contributed by atoms with E-state index in [0.717, 1.165) is 18.1 Å². The van der Waals surface area contributed by atoms with E-state index < -0.39 is 10.5 Å². The third kappa shape index (κ3) is 2.83. The van der Waals surface area contributed by atoms with E-state index in [9.17, 15) is 14.9 Å². The Morgan fingerprint density at radius 2 is 1.96 bits per heavy atom. The molecule has 7 heteroatoms. The predicted molar refractivity (Wildman–Crippen MR) is 90.0 cm³/mol. The summed E-state index contributed by atoms with van der Waals surface area (Å²) in [5.74, 6) is 0.398. The van der Waals surface area contributed by atoms with Crippen molar-refractivity contribution in [3.63, 3.8) is 0 Å². The van der Waals surface area contributed by atoms with Gasteiger partial charge in [-0.1, -0.05) is 36.7 Å². The molecule has 122 valence electrons. The molecule has 24 heavy (non-hydrogen) atoms. The molecule has 6 nitrogen and oxygen atoms in total. The van der Waals surface area contributed by atoms with Crippen molar-refractivity contribution in [1.82, 2.24) is 0 Å². The van der Waals surface area contributed by atoms with Gasteiger partial charge in [-0.15, -0.1) is 0 Å². The van der Waals surface area contributed by atoms with Crippen LogP contribution < -0.4 is 10.4 Å². The molecule has 2 aromatic carbocycles. The number of hydrogen-bond donors (Lipinski definition) is 0. The third-order valence-corrected chi connectivity index (χ3v) is 3.95. The Bertz CT molecular complexity index is 996. The zero-order valence-electron chi connectivity index (χ0n) is 12.6. The van der Waals surface area contributed by atoms with Gasteiger partial charge in [0.15, 0.2) is 0 Å². The maximum Gasteiger partial charge on any atom is 0.346 e. The number of nitrogens with zero attached hydrogens (tertiary/aromatic N) is 1. The van der Waals surface area contributed by atoms with Crippen molar-refractivity contribution in [2.24, 2.45) is 0 Å². The summed E-state index contributed by atoms with van der Waals surface area (Å²) in [6.07, 6.45) is 0.734. The van der Waals surface area contributed by atoms with Crippen molar-refractivity contribution < 1.29 is 14.1 Å². The number of hydrogen-bond acceptors (Lipinski definition) is 5. The zero-order chi connectivity index (χ0) is 17.3. The fourth-order valence-corrected chi connectivity index (χ4v) is 2.60. The largest absolute Gasteiger partial charge is 0.425 e. The first-order chi connectivity index (χ1) is 11.5. The molecular weight excluding hydrogens is 334 g/mol. The van der Waals surface area contributed by atoms with Crippen LogP contribution in [0.25, 0.3) is 10.8 Å². The summed E-state index contributed by atoms with van der Waals surface area (Å²) >= 11 is 6.26. The van der Waals surface area contributed by atoms with Gasteiger partial charge in [-0.2, -0.15) is 0 Å². The Hall–Kier alpha value is -2.86. The van der Waals surface area contributed by atoms with Gasteiger partial charge < -0.3 is 9.15 Å². The molecule has 0 aliphatic carbocycles. The molecule has 0 atom stereocenters. The molecule has 0 radical (unpaired) electrons. The Morgan fingerprint density at radius 3 is 2.67 bits per heavy atom. The standard InChI is InChI=1S/C17H12ClNO5/c1-2-10-5-3-4-6-14(10)23-17-15(18)12-8-7-11(19(21)22)9-13(12)16(20)24-17/h3-9H,2H2,1H3. The molecule has 3 aromatic rings. The van der Waals surface area contributed by atoms with Crippen molar-refractivity contribution in [2.45, 2.75) is 13.3 Å². The van der Waals surface area contributed by atoms with E-state index in [2.05, 4.69) is 0 Å². The lowest BCUT2D eigenvalue weighted by molar-refractivity contribution is -0.384. The van der Waals surface area contributed by atoms with Crippen molar-refractivity contribution in [2.75, 3.05) is 0 Å². The van der Waals surface area contributed by atoms with E-state index >= 15 is 0 Å². The maximum absolute atomic E-state index is 12.1. The number of benzene rings is 2. The van der Waals surface area contributed by atoms with Gasteiger partial charge in [-0.25, -0.2) is 4.79 Å². The first-order valence-electron chi connectivity index (χ1n) is 7.17. The van der Waals surface area contributed by atoms with Gasteiger partial charge in [-0.3, -0.25) is 10.1 Å². The quantitative estimate of drug-likeness (QED) is 0.505. The first-order valence-corrected chi connectivity index (χ1v) is 7.55. The molecule has 0 unspecified atom stereocenters. The molecule has 0 aliphatic rings. The van der Waals surface area contributed by atoms with Crippen LogP contribution in [-0.4, -0.2) is 4.92 Å². The lowest BCUT2D eigenvalue weighted by Gasteiger charge is -2.10. The molecule has 1 heterocycles. The highest BCUT2D eigenvalue weighted by atomic mass is 35.5. The van der Waals surface area contributed by atoms with Gasteiger partial charge in [0.2, 0.25) is 0 Å². The smallest absolute Gasteiger partial charge is 0.346 e. The minimum Gasteiger partial charge on any atom is -0.425 e.